The minimum Gasteiger partial charge on any atom is -0.352 e. The van der Waals surface area contributed by atoms with Crippen molar-refractivity contribution in [2.75, 3.05) is 32.7 Å². The summed E-state index contributed by atoms with van der Waals surface area (Å²) in [5.74, 6) is 0.119. The molecule has 1 atom stereocenters. The number of hydrogen-bond donors (Lipinski definition) is 1. The van der Waals surface area contributed by atoms with Crippen molar-refractivity contribution in [1.29, 1.82) is 0 Å². The van der Waals surface area contributed by atoms with Gasteiger partial charge in [-0.2, -0.15) is 0 Å². The number of carbonyl (C=O) groups is 1. The third-order valence-electron chi connectivity index (χ3n) is 4.71. The van der Waals surface area contributed by atoms with Crippen molar-refractivity contribution in [2.24, 2.45) is 0 Å². The summed E-state index contributed by atoms with van der Waals surface area (Å²) >= 11 is 5.94. The Bertz CT molecular complexity index is 522. The van der Waals surface area contributed by atoms with Crippen LogP contribution in [0.15, 0.2) is 24.3 Å². The number of nitrogens with zero attached hydrogens (tertiary/aromatic N) is 2. The Balaban J connectivity index is 1.37. The van der Waals surface area contributed by atoms with Gasteiger partial charge in [0.1, 0.15) is 0 Å². The number of piperazine rings is 1. The van der Waals surface area contributed by atoms with Crippen molar-refractivity contribution in [3.05, 3.63) is 34.9 Å². The van der Waals surface area contributed by atoms with E-state index in [1.54, 1.807) is 0 Å². The van der Waals surface area contributed by atoms with Gasteiger partial charge in [0, 0.05) is 50.2 Å². The second-order valence-corrected chi connectivity index (χ2v) is 6.73. The second kappa shape index (κ2) is 7.44. The van der Waals surface area contributed by atoms with Gasteiger partial charge in [-0.1, -0.05) is 23.7 Å². The molecule has 0 bridgehead atoms. The highest BCUT2D eigenvalue weighted by Gasteiger charge is 2.30. The average Bonchev–Trinajstić information content (AvgIpc) is 2.98. The maximum atomic E-state index is 12.0. The molecule has 2 saturated heterocycles. The van der Waals surface area contributed by atoms with E-state index in [9.17, 15) is 4.79 Å². The van der Waals surface area contributed by atoms with Crippen molar-refractivity contribution in [2.45, 2.75) is 31.8 Å². The lowest BCUT2D eigenvalue weighted by molar-refractivity contribution is -0.121. The fourth-order valence-electron chi connectivity index (χ4n) is 3.45. The minimum atomic E-state index is 0.119. The van der Waals surface area contributed by atoms with Crippen LogP contribution in [-0.4, -0.2) is 54.5 Å². The smallest absolute Gasteiger partial charge is 0.221 e. The van der Waals surface area contributed by atoms with Crippen molar-refractivity contribution in [3.63, 3.8) is 0 Å². The van der Waals surface area contributed by atoms with Gasteiger partial charge in [0.15, 0.2) is 0 Å². The van der Waals surface area contributed by atoms with Crippen LogP contribution in [0.3, 0.4) is 0 Å². The zero-order valence-electron chi connectivity index (χ0n) is 12.9. The summed E-state index contributed by atoms with van der Waals surface area (Å²) in [6, 6.07) is 8.34. The van der Waals surface area contributed by atoms with Crippen LogP contribution in [0.5, 0.6) is 0 Å². The summed E-state index contributed by atoms with van der Waals surface area (Å²) in [6.07, 6.45) is 3.23. The van der Waals surface area contributed by atoms with Crippen LogP contribution in [0.2, 0.25) is 5.02 Å². The molecule has 0 aromatic heterocycles. The monoisotopic (exact) mass is 321 g/mol. The molecule has 1 aromatic rings. The van der Waals surface area contributed by atoms with E-state index in [-0.39, 0.29) is 5.91 Å². The molecule has 2 aliphatic heterocycles. The minimum absolute atomic E-state index is 0.119. The van der Waals surface area contributed by atoms with Gasteiger partial charge in [-0.15, -0.1) is 0 Å². The molecule has 120 valence electrons. The Morgan fingerprint density at radius 1 is 1.32 bits per heavy atom. The molecule has 1 amide bonds. The number of benzene rings is 1. The number of amides is 1. The molecule has 2 fully saturated rings. The fourth-order valence-corrected chi connectivity index (χ4v) is 3.67. The third kappa shape index (κ3) is 4.22. The van der Waals surface area contributed by atoms with Gasteiger partial charge in [0.2, 0.25) is 5.91 Å². The number of halogens is 1. The van der Waals surface area contributed by atoms with Crippen LogP contribution in [0, 0.1) is 0 Å². The van der Waals surface area contributed by atoms with Crippen molar-refractivity contribution < 1.29 is 4.79 Å². The molecular weight excluding hydrogens is 298 g/mol. The summed E-state index contributed by atoms with van der Waals surface area (Å²) in [7, 11) is 0. The first-order valence-electron chi connectivity index (χ1n) is 8.18. The molecule has 4 nitrogen and oxygen atoms in total. The SMILES string of the molecule is O=C(CCN1CCN2CCCC2C1)NCc1cccc(Cl)c1. The van der Waals surface area contributed by atoms with E-state index in [0.717, 1.165) is 37.8 Å². The molecule has 1 N–H and O–H groups in total. The standard InChI is InChI=1S/C17H24ClN3O/c18-15-4-1-3-14(11-15)12-19-17(22)6-8-20-9-10-21-7-2-5-16(21)13-20/h1,3-4,11,16H,2,5-10,12-13H2,(H,19,22). The van der Waals surface area contributed by atoms with Crippen molar-refractivity contribution in [1.82, 2.24) is 15.1 Å². The van der Waals surface area contributed by atoms with Crippen molar-refractivity contribution in [3.8, 4) is 0 Å². The topological polar surface area (TPSA) is 35.6 Å². The number of fused-ring (bicyclic) bond motifs is 1. The normalized spacial score (nSPS) is 22.5. The van der Waals surface area contributed by atoms with E-state index in [1.807, 2.05) is 24.3 Å². The van der Waals surface area contributed by atoms with Gasteiger partial charge >= 0.3 is 0 Å². The van der Waals surface area contributed by atoms with E-state index in [4.69, 9.17) is 11.6 Å². The predicted octanol–water partition coefficient (Wildman–Crippen LogP) is 2.13. The highest BCUT2D eigenvalue weighted by atomic mass is 35.5. The summed E-state index contributed by atoms with van der Waals surface area (Å²) in [6.45, 7) is 6.06. The van der Waals surface area contributed by atoms with E-state index in [1.165, 1.54) is 19.4 Å². The Hall–Kier alpha value is -1.10. The molecule has 2 heterocycles. The van der Waals surface area contributed by atoms with Crippen LogP contribution in [0.25, 0.3) is 0 Å². The molecule has 0 aliphatic carbocycles. The Labute approximate surface area is 137 Å². The maximum absolute atomic E-state index is 12.0. The quantitative estimate of drug-likeness (QED) is 0.902. The molecule has 0 saturated carbocycles. The van der Waals surface area contributed by atoms with Crippen LogP contribution < -0.4 is 5.32 Å². The molecular formula is C17H24ClN3O. The summed E-state index contributed by atoms with van der Waals surface area (Å²) in [5.41, 5.74) is 1.04. The lowest BCUT2D eigenvalue weighted by atomic mass is 10.1. The fraction of sp³-hybridized carbons (Fsp3) is 0.588. The highest BCUT2D eigenvalue weighted by Crippen LogP contribution is 2.21. The summed E-state index contributed by atoms with van der Waals surface area (Å²) < 4.78 is 0. The van der Waals surface area contributed by atoms with E-state index in [0.29, 0.717) is 18.0 Å². The summed E-state index contributed by atoms with van der Waals surface area (Å²) in [4.78, 5) is 17.0. The molecule has 2 aliphatic rings. The Morgan fingerprint density at radius 2 is 2.23 bits per heavy atom. The predicted molar refractivity (Wildman–Crippen MR) is 89.0 cm³/mol. The third-order valence-corrected chi connectivity index (χ3v) is 4.94. The van der Waals surface area contributed by atoms with Crippen LogP contribution in [-0.2, 0) is 11.3 Å². The average molecular weight is 322 g/mol. The largest absolute Gasteiger partial charge is 0.352 e. The van der Waals surface area contributed by atoms with Crippen LogP contribution >= 0.6 is 11.6 Å². The van der Waals surface area contributed by atoms with Crippen molar-refractivity contribution >= 4 is 17.5 Å². The first-order valence-corrected chi connectivity index (χ1v) is 8.56. The number of hydrogen-bond acceptors (Lipinski definition) is 3. The number of rotatable bonds is 5. The lowest BCUT2D eigenvalue weighted by Gasteiger charge is -2.37. The zero-order valence-corrected chi connectivity index (χ0v) is 13.7. The van der Waals surface area contributed by atoms with E-state index >= 15 is 0 Å². The van der Waals surface area contributed by atoms with Gasteiger partial charge in [-0.25, -0.2) is 0 Å². The van der Waals surface area contributed by atoms with Crippen LogP contribution in [0.1, 0.15) is 24.8 Å². The van der Waals surface area contributed by atoms with Gasteiger partial charge in [-0.05, 0) is 37.1 Å². The zero-order chi connectivity index (χ0) is 15.4. The number of carbonyl (C=O) groups excluding carboxylic acids is 1. The van der Waals surface area contributed by atoms with Gasteiger partial charge in [-0.3, -0.25) is 14.6 Å². The molecule has 1 unspecified atom stereocenters. The molecule has 0 radical (unpaired) electrons. The summed E-state index contributed by atoms with van der Waals surface area (Å²) in [5, 5.41) is 3.69. The molecule has 1 aromatic carbocycles. The Morgan fingerprint density at radius 3 is 3.09 bits per heavy atom. The second-order valence-electron chi connectivity index (χ2n) is 6.29. The molecule has 22 heavy (non-hydrogen) atoms. The number of nitrogens with one attached hydrogen (secondary N) is 1. The van der Waals surface area contributed by atoms with Crippen LogP contribution in [0.4, 0.5) is 0 Å². The molecule has 0 spiro atoms. The van der Waals surface area contributed by atoms with E-state index in [2.05, 4.69) is 15.1 Å². The van der Waals surface area contributed by atoms with Gasteiger partial charge < -0.3 is 5.32 Å². The van der Waals surface area contributed by atoms with Gasteiger partial charge in [0.05, 0.1) is 0 Å². The van der Waals surface area contributed by atoms with Gasteiger partial charge in [0.25, 0.3) is 0 Å². The first kappa shape index (κ1) is 15.8. The molecule has 3 rings (SSSR count). The maximum Gasteiger partial charge on any atom is 0.221 e. The van der Waals surface area contributed by atoms with E-state index < -0.39 is 0 Å². The molecule has 5 heteroatoms. The lowest BCUT2D eigenvalue weighted by Crippen LogP contribution is -2.50. The highest BCUT2D eigenvalue weighted by molar-refractivity contribution is 6.30. The Kier molecular flexibility index (Phi) is 5.34. The first-order chi connectivity index (χ1) is 10.7.